The zero-order valence-electron chi connectivity index (χ0n) is 11.6. The Kier molecular flexibility index (Phi) is 3.89. The molecule has 4 heteroatoms. The highest BCUT2D eigenvalue weighted by atomic mass is 16.5. The molecule has 0 aromatic rings. The van der Waals surface area contributed by atoms with Gasteiger partial charge in [0.15, 0.2) is 0 Å². The molecule has 3 fully saturated rings. The van der Waals surface area contributed by atoms with Gasteiger partial charge in [-0.3, -0.25) is 9.80 Å². The summed E-state index contributed by atoms with van der Waals surface area (Å²) in [5.74, 6) is 0. The molecule has 2 atom stereocenters. The zero-order chi connectivity index (χ0) is 12.4. The van der Waals surface area contributed by atoms with Crippen LogP contribution in [0.1, 0.15) is 25.7 Å². The minimum atomic E-state index is -0.0309. The summed E-state index contributed by atoms with van der Waals surface area (Å²) in [4.78, 5) is 5.29. The predicted molar refractivity (Wildman–Crippen MR) is 70.8 cm³/mol. The lowest BCUT2D eigenvalue weighted by Crippen LogP contribution is -2.58. The SMILES string of the molecule is COC1(CN2CCN3CCCCC3C2)CCOC1. The summed E-state index contributed by atoms with van der Waals surface area (Å²) in [6, 6.07) is 0.795. The van der Waals surface area contributed by atoms with Crippen molar-refractivity contribution in [3.05, 3.63) is 0 Å². The lowest BCUT2D eigenvalue weighted by Gasteiger charge is -2.46. The third-order valence-corrected chi connectivity index (χ3v) is 4.93. The van der Waals surface area contributed by atoms with E-state index in [1.54, 1.807) is 0 Å². The fourth-order valence-corrected chi connectivity index (χ4v) is 3.71. The maximum Gasteiger partial charge on any atom is 0.106 e. The predicted octanol–water partition coefficient (Wildman–Crippen LogP) is 0.962. The Labute approximate surface area is 110 Å². The topological polar surface area (TPSA) is 24.9 Å². The van der Waals surface area contributed by atoms with Gasteiger partial charge in [0, 0.05) is 52.4 Å². The van der Waals surface area contributed by atoms with E-state index < -0.39 is 0 Å². The highest BCUT2D eigenvalue weighted by Gasteiger charge is 2.39. The number of piperazine rings is 1. The molecular formula is C14H26N2O2. The fourth-order valence-electron chi connectivity index (χ4n) is 3.71. The first kappa shape index (κ1) is 12.9. The molecule has 2 unspecified atom stereocenters. The van der Waals surface area contributed by atoms with Gasteiger partial charge in [-0.25, -0.2) is 0 Å². The largest absolute Gasteiger partial charge is 0.378 e. The van der Waals surface area contributed by atoms with Gasteiger partial charge in [-0.1, -0.05) is 6.42 Å². The van der Waals surface area contributed by atoms with Gasteiger partial charge in [-0.05, 0) is 19.4 Å². The Balaban J connectivity index is 1.57. The standard InChI is InChI=1S/C14H26N2O2/c1-17-14(5-9-18-12-14)11-15-7-8-16-6-3-2-4-13(16)10-15/h13H,2-12H2,1H3. The summed E-state index contributed by atoms with van der Waals surface area (Å²) in [7, 11) is 1.84. The number of rotatable bonds is 3. The number of piperidine rings is 1. The van der Waals surface area contributed by atoms with Gasteiger partial charge in [-0.2, -0.15) is 0 Å². The molecule has 18 heavy (non-hydrogen) atoms. The van der Waals surface area contributed by atoms with Crippen LogP contribution in [-0.2, 0) is 9.47 Å². The van der Waals surface area contributed by atoms with Gasteiger partial charge in [0.2, 0.25) is 0 Å². The molecule has 3 saturated heterocycles. The normalized spacial score (nSPS) is 38.8. The van der Waals surface area contributed by atoms with E-state index in [1.807, 2.05) is 7.11 Å². The van der Waals surface area contributed by atoms with Gasteiger partial charge >= 0.3 is 0 Å². The zero-order valence-corrected chi connectivity index (χ0v) is 11.6. The Bertz CT molecular complexity index is 279. The number of hydrogen-bond donors (Lipinski definition) is 0. The van der Waals surface area contributed by atoms with Crippen molar-refractivity contribution < 1.29 is 9.47 Å². The number of fused-ring (bicyclic) bond motifs is 1. The molecule has 3 heterocycles. The minimum absolute atomic E-state index is 0.0309. The maximum atomic E-state index is 5.76. The van der Waals surface area contributed by atoms with E-state index in [1.165, 1.54) is 45.4 Å². The molecule has 3 rings (SSSR count). The lowest BCUT2D eigenvalue weighted by molar-refractivity contribution is -0.0573. The quantitative estimate of drug-likeness (QED) is 0.749. The minimum Gasteiger partial charge on any atom is -0.378 e. The molecule has 0 aromatic carbocycles. The van der Waals surface area contributed by atoms with E-state index >= 15 is 0 Å². The summed E-state index contributed by atoms with van der Waals surface area (Å²) in [6.07, 6.45) is 5.24. The number of methoxy groups -OCH3 is 1. The monoisotopic (exact) mass is 254 g/mol. The summed E-state index contributed by atoms with van der Waals surface area (Å²) < 4.78 is 11.3. The number of nitrogens with zero attached hydrogens (tertiary/aromatic N) is 2. The molecule has 0 N–H and O–H groups in total. The van der Waals surface area contributed by atoms with E-state index in [2.05, 4.69) is 9.80 Å². The van der Waals surface area contributed by atoms with Crippen LogP contribution in [0.25, 0.3) is 0 Å². The van der Waals surface area contributed by atoms with Crippen molar-refractivity contribution in [3.8, 4) is 0 Å². The van der Waals surface area contributed by atoms with Crippen LogP contribution in [0.15, 0.2) is 0 Å². The highest BCUT2D eigenvalue weighted by Crippen LogP contribution is 2.27. The Hall–Kier alpha value is -0.160. The van der Waals surface area contributed by atoms with Crippen molar-refractivity contribution in [2.45, 2.75) is 37.3 Å². The third-order valence-electron chi connectivity index (χ3n) is 4.93. The summed E-state index contributed by atoms with van der Waals surface area (Å²) in [5, 5.41) is 0. The third kappa shape index (κ3) is 2.57. The second-order valence-corrected chi connectivity index (χ2v) is 6.11. The van der Waals surface area contributed by atoms with Crippen molar-refractivity contribution in [2.75, 3.05) is 53.0 Å². The first-order valence-electron chi connectivity index (χ1n) is 7.41. The van der Waals surface area contributed by atoms with Gasteiger partial charge in [0.1, 0.15) is 5.60 Å². The van der Waals surface area contributed by atoms with Crippen LogP contribution in [0, 0.1) is 0 Å². The van der Waals surface area contributed by atoms with Crippen molar-refractivity contribution in [1.29, 1.82) is 0 Å². The smallest absolute Gasteiger partial charge is 0.106 e. The highest BCUT2D eigenvalue weighted by molar-refractivity contribution is 4.92. The number of hydrogen-bond acceptors (Lipinski definition) is 4. The van der Waals surface area contributed by atoms with E-state index in [-0.39, 0.29) is 5.60 Å². The van der Waals surface area contributed by atoms with E-state index in [4.69, 9.17) is 9.47 Å². The van der Waals surface area contributed by atoms with Crippen LogP contribution in [0.2, 0.25) is 0 Å². The molecule has 0 aliphatic carbocycles. The first-order chi connectivity index (χ1) is 8.81. The van der Waals surface area contributed by atoms with E-state index in [9.17, 15) is 0 Å². The Morgan fingerprint density at radius 3 is 3.00 bits per heavy atom. The second-order valence-electron chi connectivity index (χ2n) is 6.11. The molecule has 4 nitrogen and oxygen atoms in total. The molecule has 0 spiro atoms. The molecular weight excluding hydrogens is 228 g/mol. The molecule has 0 radical (unpaired) electrons. The van der Waals surface area contributed by atoms with Crippen LogP contribution in [0.3, 0.4) is 0 Å². The average Bonchev–Trinajstić information content (AvgIpc) is 2.88. The van der Waals surface area contributed by atoms with Crippen molar-refractivity contribution in [2.24, 2.45) is 0 Å². The van der Waals surface area contributed by atoms with Gasteiger partial charge in [0.05, 0.1) is 6.61 Å². The molecule has 0 bridgehead atoms. The lowest BCUT2D eigenvalue weighted by atomic mass is 9.97. The summed E-state index contributed by atoms with van der Waals surface area (Å²) in [5.41, 5.74) is -0.0309. The summed E-state index contributed by atoms with van der Waals surface area (Å²) >= 11 is 0. The molecule has 104 valence electrons. The van der Waals surface area contributed by atoms with Gasteiger partial charge in [0.25, 0.3) is 0 Å². The Morgan fingerprint density at radius 1 is 1.28 bits per heavy atom. The average molecular weight is 254 g/mol. The van der Waals surface area contributed by atoms with Crippen LogP contribution >= 0.6 is 0 Å². The Morgan fingerprint density at radius 2 is 2.22 bits per heavy atom. The van der Waals surface area contributed by atoms with E-state index in [0.717, 1.165) is 32.2 Å². The fraction of sp³-hybridized carbons (Fsp3) is 1.00. The molecule has 3 aliphatic heterocycles. The number of ether oxygens (including phenoxy) is 2. The second kappa shape index (κ2) is 5.45. The van der Waals surface area contributed by atoms with Crippen molar-refractivity contribution in [1.82, 2.24) is 9.80 Å². The molecule has 0 saturated carbocycles. The van der Waals surface area contributed by atoms with Crippen molar-refractivity contribution in [3.63, 3.8) is 0 Å². The van der Waals surface area contributed by atoms with Gasteiger partial charge in [-0.15, -0.1) is 0 Å². The maximum absolute atomic E-state index is 5.76. The molecule has 3 aliphatic rings. The van der Waals surface area contributed by atoms with Crippen LogP contribution in [0.4, 0.5) is 0 Å². The van der Waals surface area contributed by atoms with Crippen molar-refractivity contribution >= 4 is 0 Å². The first-order valence-corrected chi connectivity index (χ1v) is 7.41. The van der Waals surface area contributed by atoms with Crippen LogP contribution in [-0.4, -0.2) is 74.5 Å². The summed E-state index contributed by atoms with van der Waals surface area (Å²) in [6.45, 7) is 7.66. The molecule has 0 aromatic heterocycles. The van der Waals surface area contributed by atoms with Gasteiger partial charge < -0.3 is 9.47 Å². The van der Waals surface area contributed by atoms with E-state index in [0.29, 0.717) is 0 Å². The van der Waals surface area contributed by atoms with Crippen LogP contribution < -0.4 is 0 Å². The molecule has 0 amide bonds. The van der Waals surface area contributed by atoms with Crippen LogP contribution in [0.5, 0.6) is 0 Å².